The van der Waals surface area contributed by atoms with Gasteiger partial charge in [-0.15, -0.1) is 0 Å². The summed E-state index contributed by atoms with van der Waals surface area (Å²) in [6, 6.07) is 13.5. The standard InChI is InChI=1S/C25H16Cl3F4NO2/c26-17-9-15(10-18(27)21(17)28)24(25(30,31)32)11-20(33-12-24)14-6-7-19(29)16(8-14)23(35)22(34)13-4-2-1-3-5-13/h1-10,22,34H,11-12H2. The summed E-state index contributed by atoms with van der Waals surface area (Å²) in [4.78, 5) is 16.9. The summed E-state index contributed by atoms with van der Waals surface area (Å²) in [5.41, 5.74) is -2.69. The number of hydrogen-bond acceptors (Lipinski definition) is 3. The van der Waals surface area contributed by atoms with Crippen LogP contribution in [0.3, 0.4) is 0 Å². The number of benzene rings is 3. The fourth-order valence-corrected chi connectivity index (χ4v) is 4.62. The number of aliphatic imine (C=N–C) groups is 1. The van der Waals surface area contributed by atoms with Crippen molar-refractivity contribution >= 4 is 46.3 Å². The number of aliphatic hydroxyl groups excluding tert-OH is 1. The number of carbonyl (C=O) groups excluding carboxylic acids is 1. The van der Waals surface area contributed by atoms with E-state index in [4.69, 9.17) is 34.8 Å². The summed E-state index contributed by atoms with van der Waals surface area (Å²) in [6.45, 7) is -0.659. The molecule has 182 valence electrons. The second-order valence-electron chi connectivity index (χ2n) is 8.15. The molecule has 1 heterocycles. The Labute approximate surface area is 213 Å². The van der Waals surface area contributed by atoms with Crippen LogP contribution in [-0.2, 0) is 5.41 Å². The summed E-state index contributed by atoms with van der Waals surface area (Å²) >= 11 is 17.9. The Kier molecular flexibility index (Phi) is 6.99. The quantitative estimate of drug-likeness (QED) is 0.207. The maximum atomic E-state index is 14.5. The van der Waals surface area contributed by atoms with Crippen molar-refractivity contribution < 1.29 is 27.5 Å². The lowest BCUT2D eigenvalue weighted by Gasteiger charge is -2.32. The summed E-state index contributed by atoms with van der Waals surface area (Å²) in [6.07, 6.45) is -6.97. The number of nitrogens with zero attached hydrogens (tertiary/aromatic N) is 1. The highest BCUT2D eigenvalue weighted by Crippen LogP contribution is 2.49. The molecule has 3 nitrogen and oxygen atoms in total. The van der Waals surface area contributed by atoms with E-state index in [-0.39, 0.29) is 37.5 Å². The highest BCUT2D eigenvalue weighted by atomic mass is 35.5. The van der Waals surface area contributed by atoms with Crippen LogP contribution in [0, 0.1) is 5.82 Å². The minimum atomic E-state index is -4.74. The zero-order chi connectivity index (χ0) is 25.5. The molecule has 0 aromatic heterocycles. The van der Waals surface area contributed by atoms with Crippen molar-refractivity contribution in [3.63, 3.8) is 0 Å². The Balaban J connectivity index is 1.70. The molecule has 1 aliphatic rings. The Morgan fingerprint density at radius 2 is 1.63 bits per heavy atom. The molecular formula is C25H16Cl3F4NO2. The molecule has 3 aromatic carbocycles. The third-order valence-electron chi connectivity index (χ3n) is 6.02. The fourth-order valence-electron chi connectivity index (χ4n) is 4.03. The van der Waals surface area contributed by atoms with Crippen LogP contribution in [0.25, 0.3) is 0 Å². The van der Waals surface area contributed by atoms with Crippen molar-refractivity contribution in [2.45, 2.75) is 24.1 Å². The highest BCUT2D eigenvalue weighted by molar-refractivity contribution is 6.48. The zero-order valence-corrected chi connectivity index (χ0v) is 20.0. The average molecular weight is 545 g/mol. The largest absolute Gasteiger partial charge is 0.400 e. The van der Waals surface area contributed by atoms with Crippen LogP contribution >= 0.6 is 34.8 Å². The predicted molar refractivity (Wildman–Crippen MR) is 127 cm³/mol. The first-order chi connectivity index (χ1) is 16.4. The van der Waals surface area contributed by atoms with Gasteiger partial charge in [-0.3, -0.25) is 9.79 Å². The number of alkyl halides is 3. The van der Waals surface area contributed by atoms with Gasteiger partial charge in [0.15, 0.2) is 5.78 Å². The van der Waals surface area contributed by atoms with E-state index >= 15 is 0 Å². The van der Waals surface area contributed by atoms with Crippen molar-refractivity contribution in [1.82, 2.24) is 0 Å². The van der Waals surface area contributed by atoms with Gasteiger partial charge in [-0.1, -0.05) is 71.2 Å². The monoisotopic (exact) mass is 543 g/mol. The molecule has 2 atom stereocenters. The minimum absolute atomic E-state index is 0.0211. The second-order valence-corrected chi connectivity index (χ2v) is 9.34. The molecule has 2 unspecified atom stereocenters. The molecule has 0 radical (unpaired) electrons. The van der Waals surface area contributed by atoms with Crippen LogP contribution in [-0.4, -0.2) is 29.3 Å². The minimum Gasteiger partial charge on any atom is -0.380 e. The van der Waals surface area contributed by atoms with Gasteiger partial charge in [0.1, 0.15) is 17.3 Å². The maximum Gasteiger partial charge on any atom is 0.400 e. The van der Waals surface area contributed by atoms with E-state index < -0.39 is 47.8 Å². The van der Waals surface area contributed by atoms with Gasteiger partial charge in [0.05, 0.1) is 27.2 Å². The molecule has 1 N–H and O–H groups in total. The number of ketones is 1. The summed E-state index contributed by atoms with van der Waals surface area (Å²) in [7, 11) is 0. The van der Waals surface area contributed by atoms with E-state index in [1.54, 1.807) is 18.2 Å². The molecule has 3 aromatic rings. The first-order valence-corrected chi connectivity index (χ1v) is 11.4. The molecular weight excluding hydrogens is 529 g/mol. The SMILES string of the molecule is O=C(c1cc(C2=NCC(c3cc(Cl)c(Cl)c(Cl)c3)(C(F)(F)F)C2)ccc1F)C(O)c1ccccc1. The zero-order valence-electron chi connectivity index (χ0n) is 17.7. The Bertz CT molecular complexity index is 1310. The number of aliphatic hydroxyl groups is 1. The summed E-state index contributed by atoms with van der Waals surface area (Å²) < 4.78 is 57.7. The number of halogens is 7. The summed E-state index contributed by atoms with van der Waals surface area (Å²) in [5, 5.41) is 10.1. The van der Waals surface area contributed by atoms with E-state index in [1.807, 2.05) is 0 Å². The molecule has 0 fully saturated rings. The first kappa shape index (κ1) is 25.6. The van der Waals surface area contributed by atoms with Gasteiger partial charge in [-0.2, -0.15) is 13.2 Å². The maximum absolute atomic E-state index is 14.5. The van der Waals surface area contributed by atoms with Gasteiger partial charge in [0.25, 0.3) is 0 Å². The average Bonchev–Trinajstić information content (AvgIpc) is 3.29. The fraction of sp³-hybridized carbons (Fsp3) is 0.200. The van der Waals surface area contributed by atoms with Crippen LogP contribution in [0.4, 0.5) is 17.6 Å². The van der Waals surface area contributed by atoms with Crippen molar-refractivity contribution in [1.29, 1.82) is 0 Å². The topological polar surface area (TPSA) is 49.7 Å². The van der Waals surface area contributed by atoms with Crippen molar-refractivity contribution in [2.24, 2.45) is 4.99 Å². The number of rotatable bonds is 5. The van der Waals surface area contributed by atoms with E-state index in [0.29, 0.717) is 0 Å². The predicted octanol–water partition coefficient (Wildman–Crippen LogP) is 7.40. The van der Waals surface area contributed by atoms with Crippen molar-refractivity contribution in [2.75, 3.05) is 6.54 Å². The second kappa shape index (κ2) is 9.54. The van der Waals surface area contributed by atoms with Gasteiger partial charge in [0, 0.05) is 12.1 Å². The van der Waals surface area contributed by atoms with E-state index in [9.17, 15) is 27.5 Å². The number of carbonyl (C=O) groups is 1. The van der Waals surface area contributed by atoms with Gasteiger partial charge < -0.3 is 5.11 Å². The molecule has 0 saturated heterocycles. The third-order valence-corrected chi connectivity index (χ3v) is 7.21. The van der Waals surface area contributed by atoms with Crippen LogP contribution in [0.15, 0.2) is 65.7 Å². The lowest BCUT2D eigenvalue weighted by atomic mass is 9.76. The third kappa shape index (κ3) is 4.70. The lowest BCUT2D eigenvalue weighted by molar-refractivity contribution is -0.183. The van der Waals surface area contributed by atoms with E-state index in [0.717, 1.165) is 24.3 Å². The number of Topliss-reactive ketones (excluding diaryl/α,β-unsaturated/α-hetero) is 1. The normalized spacial score (nSPS) is 18.9. The smallest absolute Gasteiger partial charge is 0.380 e. The van der Waals surface area contributed by atoms with Crippen molar-refractivity contribution in [3.05, 3.63) is 104 Å². The van der Waals surface area contributed by atoms with Gasteiger partial charge in [0.2, 0.25) is 0 Å². The first-order valence-electron chi connectivity index (χ1n) is 10.3. The van der Waals surface area contributed by atoms with Gasteiger partial charge >= 0.3 is 6.18 Å². The summed E-state index contributed by atoms with van der Waals surface area (Å²) in [5.74, 6) is -1.84. The van der Waals surface area contributed by atoms with Crippen molar-refractivity contribution in [3.8, 4) is 0 Å². The lowest BCUT2D eigenvalue weighted by Crippen LogP contribution is -2.43. The molecule has 0 saturated carbocycles. The molecule has 35 heavy (non-hydrogen) atoms. The molecule has 1 aliphatic heterocycles. The van der Waals surface area contributed by atoms with Crippen LogP contribution in [0.5, 0.6) is 0 Å². The van der Waals surface area contributed by atoms with Crippen LogP contribution in [0.1, 0.15) is 39.6 Å². The van der Waals surface area contributed by atoms with Gasteiger partial charge in [-0.05, 0) is 41.0 Å². The molecule has 0 spiro atoms. The van der Waals surface area contributed by atoms with Gasteiger partial charge in [-0.25, -0.2) is 4.39 Å². The Morgan fingerprint density at radius 1 is 1.00 bits per heavy atom. The highest BCUT2D eigenvalue weighted by Gasteiger charge is 2.58. The Morgan fingerprint density at radius 3 is 2.23 bits per heavy atom. The Hall–Kier alpha value is -2.45. The van der Waals surface area contributed by atoms with Crippen LogP contribution in [0.2, 0.25) is 15.1 Å². The molecule has 0 amide bonds. The number of hydrogen-bond donors (Lipinski definition) is 1. The molecule has 0 aliphatic carbocycles. The molecule has 4 rings (SSSR count). The van der Waals surface area contributed by atoms with E-state index in [2.05, 4.69) is 4.99 Å². The van der Waals surface area contributed by atoms with E-state index in [1.165, 1.54) is 18.2 Å². The molecule has 0 bridgehead atoms. The van der Waals surface area contributed by atoms with Crippen LogP contribution < -0.4 is 0 Å². The molecule has 10 heteroatoms.